The summed E-state index contributed by atoms with van der Waals surface area (Å²) in [4.78, 5) is 7.98. The number of hydrogen-bond acceptors (Lipinski definition) is 2. The number of H-pyrrole nitrogens is 1. The predicted octanol–water partition coefficient (Wildman–Crippen LogP) is 5.66. The molecule has 0 saturated carbocycles. The SMILES string of the molecule is Cc1cccc(C)c1NC(=S)Nc1ccc(-c2nc3ccccc3[nH]2)cc1. The number of para-hydroxylation sites is 3. The number of imidazole rings is 1. The number of aryl methyl sites for hydroxylation is 2. The number of fused-ring (bicyclic) bond motifs is 1. The van der Waals surface area contributed by atoms with E-state index in [4.69, 9.17) is 12.2 Å². The molecule has 0 atom stereocenters. The van der Waals surface area contributed by atoms with Gasteiger partial charge in [-0.15, -0.1) is 0 Å². The van der Waals surface area contributed by atoms with E-state index in [1.807, 2.05) is 54.6 Å². The lowest BCUT2D eigenvalue weighted by Crippen LogP contribution is -2.20. The molecule has 0 aliphatic rings. The summed E-state index contributed by atoms with van der Waals surface area (Å²) >= 11 is 5.47. The summed E-state index contributed by atoms with van der Waals surface area (Å²) in [7, 11) is 0. The van der Waals surface area contributed by atoms with Crippen LogP contribution in [0.2, 0.25) is 0 Å². The maximum absolute atomic E-state index is 5.47. The zero-order chi connectivity index (χ0) is 18.8. The van der Waals surface area contributed by atoms with E-state index in [2.05, 4.69) is 46.6 Å². The Morgan fingerprint density at radius 2 is 1.56 bits per heavy atom. The standard InChI is InChI=1S/C22H20N4S/c1-14-6-5-7-15(2)20(14)26-22(27)23-17-12-10-16(11-13-17)21-24-18-8-3-4-9-19(18)25-21/h3-13H,1-2H3,(H,24,25)(H2,23,26,27). The molecule has 0 saturated heterocycles. The van der Waals surface area contributed by atoms with E-state index in [-0.39, 0.29) is 0 Å². The molecule has 5 heteroatoms. The fourth-order valence-electron chi connectivity index (χ4n) is 3.09. The molecule has 3 N–H and O–H groups in total. The number of anilines is 2. The fourth-order valence-corrected chi connectivity index (χ4v) is 3.31. The molecule has 4 nitrogen and oxygen atoms in total. The lowest BCUT2D eigenvalue weighted by Gasteiger charge is -2.14. The van der Waals surface area contributed by atoms with E-state index in [0.29, 0.717) is 5.11 Å². The van der Waals surface area contributed by atoms with Crippen LogP contribution < -0.4 is 10.6 Å². The summed E-state index contributed by atoms with van der Waals surface area (Å²) in [5, 5.41) is 7.11. The molecule has 1 heterocycles. The second-order valence-corrected chi connectivity index (χ2v) is 6.93. The highest BCUT2D eigenvalue weighted by molar-refractivity contribution is 7.80. The van der Waals surface area contributed by atoms with Crippen LogP contribution in [-0.4, -0.2) is 15.1 Å². The van der Waals surface area contributed by atoms with E-state index in [0.717, 1.165) is 33.8 Å². The first-order chi connectivity index (χ1) is 13.1. The third-order valence-electron chi connectivity index (χ3n) is 4.53. The molecule has 134 valence electrons. The molecule has 1 aromatic heterocycles. The molecular weight excluding hydrogens is 352 g/mol. The van der Waals surface area contributed by atoms with Crippen molar-refractivity contribution in [1.82, 2.24) is 9.97 Å². The Balaban J connectivity index is 1.48. The minimum Gasteiger partial charge on any atom is -0.338 e. The Bertz CT molecular complexity index is 1060. The summed E-state index contributed by atoms with van der Waals surface area (Å²) in [6.07, 6.45) is 0. The van der Waals surface area contributed by atoms with Crippen molar-refractivity contribution < 1.29 is 0 Å². The number of hydrogen-bond donors (Lipinski definition) is 3. The van der Waals surface area contributed by atoms with Gasteiger partial charge in [0.2, 0.25) is 0 Å². The van der Waals surface area contributed by atoms with Crippen LogP contribution in [0.1, 0.15) is 11.1 Å². The summed E-state index contributed by atoms with van der Waals surface area (Å²) in [6, 6.07) is 22.3. The maximum atomic E-state index is 5.47. The molecule has 0 fully saturated rings. The Morgan fingerprint density at radius 3 is 2.26 bits per heavy atom. The van der Waals surface area contributed by atoms with Crippen molar-refractivity contribution in [3.63, 3.8) is 0 Å². The van der Waals surface area contributed by atoms with E-state index < -0.39 is 0 Å². The number of aromatic amines is 1. The fraction of sp³-hybridized carbons (Fsp3) is 0.0909. The van der Waals surface area contributed by atoms with Gasteiger partial charge in [0, 0.05) is 16.9 Å². The first-order valence-corrected chi connectivity index (χ1v) is 9.20. The van der Waals surface area contributed by atoms with Gasteiger partial charge in [-0.3, -0.25) is 0 Å². The van der Waals surface area contributed by atoms with Crippen molar-refractivity contribution in [2.24, 2.45) is 0 Å². The zero-order valence-electron chi connectivity index (χ0n) is 15.2. The first-order valence-electron chi connectivity index (χ1n) is 8.79. The Morgan fingerprint density at radius 1 is 0.852 bits per heavy atom. The highest BCUT2D eigenvalue weighted by atomic mass is 32.1. The Hall–Kier alpha value is -3.18. The van der Waals surface area contributed by atoms with Crippen LogP contribution in [0.15, 0.2) is 66.7 Å². The number of rotatable bonds is 3. The number of nitrogens with zero attached hydrogens (tertiary/aromatic N) is 1. The van der Waals surface area contributed by atoms with Gasteiger partial charge in [0.05, 0.1) is 11.0 Å². The summed E-state index contributed by atoms with van der Waals surface area (Å²) in [6.45, 7) is 4.14. The number of benzene rings is 3. The molecule has 0 aliphatic carbocycles. The van der Waals surface area contributed by atoms with Gasteiger partial charge in [0.15, 0.2) is 5.11 Å². The zero-order valence-corrected chi connectivity index (χ0v) is 16.0. The molecule has 4 aromatic rings. The second-order valence-electron chi connectivity index (χ2n) is 6.53. The van der Waals surface area contributed by atoms with Crippen LogP contribution in [0.5, 0.6) is 0 Å². The molecule has 0 unspecified atom stereocenters. The molecule has 0 bridgehead atoms. The topological polar surface area (TPSA) is 52.7 Å². The Kier molecular flexibility index (Phi) is 4.60. The van der Waals surface area contributed by atoms with Gasteiger partial charge in [0.1, 0.15) is 5.82 Å². The van der Waals surface area contributed by atoms with Crippen molar-refractivity contribution in [2.75, 3.05) is 10.6 Å². The minimum atomic E-state index is 0.573. The van der Waals surface area contributed by atoms with Crippen molar-refractivity contribution >= 4 is 39.7 Å². The van der Waals surface area contributed by atoms with Crippen molar-refractivity contribution in [2.45, 2.75) is 13.8 Å². The largest absolute Gasteiger partial charge is 0.338 e. The van der Waals surface area contributed by atoms with Crippen LogP contribution >= 0.6 is 12.2 Å². The van der Waals surface area contributed by atoms with Gasteiger partial charge in [-0.1, -0.05) is 30.3 Å². The summed E-state index contributed by atoms with van der Waals surface area (Å²) in [5.74, 6) is 0.860. The first kappa shape index (κ1) is 17.2. The van der Waals surface area contributed by atoms with Gasteiger partial charge in [-0.25, -0.2) is 4.98 Å². The number of nitrogens with one attached hydrogen (secondary N) is 3. The molecule has 0 spiro atoms. The van der Waals surface area contributed by atoms with Crippen LogP contribution in [0, 0.1) is 13.8 Å². The normalized spacial score (nSPS) is 10.7. The molecule has 0 amide bonds. The average Bonchev–Trinajstić information content (AvgIpc) is 3.10. The van der Waals surface area contributed by atoms with Gasteiger partial charge in [-0.05, 0) is 73.6 Å². The predicted molar refractivity (Wildman–Crippen MR) is 117 cm³/mol. The molecule has 3 aromatic carbocycles. The van der Waals surface area contributed by atoms with Crippen LogP contribution in [-0.2, 0) is 0 Å². The van der Waals surface area contributed by atoms with E-state index in [9.17, 15) is 0 Å². The lowest BCUT2D eigenvalue weighted by atomic mass is 10.1. The smallest absolute Gasteiger partial charge is 0.175 e. The van der Waals surface area contributed by atoms with Crippen molar-refractivity contribution in [1.29, 1.82) is 0 Å². The van der Waals surface area contributed by atoms with E-state index in [1.54, 1.807) is 0 Å². The van der Waals surface area contributed by atoms with Gasteiger partial charge < -0.3 is 15.6 Å². The molecule has 0 aliphatic heterocycles. The lowest BCUT2D eigenvalue weighted by molar-refractivity contribution is 1.34. The van der Waals surface area contributed by atoms with Crippen molar-refractivity contribution in [3.8, 4) is 11.4 Å². The monoisotopic (exact) mass is 372 g/mol. The van der Waals surface area contributed by atoms with Crippen LogP contribution in [0.4, 0.5) is 11.4 Å². The highest BCUT2D eigenvalue weighted by Gasteiger charge is 2.07. The highest BCUT2D eigenvalue weighted by Crippen LogP contribution is 2.23. The Labute approximate surface area is 163 Å². The summed E-state index contributed by atoms with van der Waals surface area (Å²) < 4.78 is 0. The maximum Gasteiger partial charge on any atom is 0.175 e. The van der Waals surface area contributed by atoms with E-state index in [1.165, 1.54) is 11.1 Å². The third kappa shape index (κ3) is 3.68. The van der Waals surface area contributed by atoms with Gasteiger partial charge in [-0.2, -0.15) is 0 Å². The van der Waals surface area contributed by atoms with Crippen LogP contribution in [0.3, 0.4) is 0 Å². The van der Waals surface area contributed by atoms with Gasteiger partial charge >= 0.3 is 0 Å². The molecule has 27 heavy (non-hydrogen) atoms. The van der Waals surface area contributed by atoms with Crippen molar-refractivity contribution in [3.05, 3.63) is 77.9 Å². The molecular formula is C22H20N4S. The van der Waals surface area contributed by atoms with Crippen LogP contribution in [0.25, 0.3) is 22.4 Å². The third-order valence-corrected chi connectivity index (χ3v) is 4.73. The second kappa shape index (κ2) is 7.21. The average molecular weight is 372 g/mol. The van der Waals surface area contributed by atoms with Gasteiger partial charge in [0.25, 0.3) is 0 Å². The minimum absolute atomic E-state index is 0.573. The van der Waals surface area contributed by atoms with E-state index >= 15 is 0 Å². The molecule has 0 radical (unpaired) electrons. The number of aromatic nitrogens is 2. The number of thiocarbonyl (C=S) groups is 1. The summed E-state index contributed by atoms with van der Waals surface area (Å²) in [5.41, 5.74) is 7.35. The molecule has 4 rings (SSSR count). The quantitative estimate of drug-likeness (QED) is 0.406.